The van der Waals surface area contributed by atoms with Crippen LogP contribution in [0.1, 0.15) is 19.8 Å². The van der Waals surface area contributed by atoms with E-state index in [2.05, 4.69) is 9.71 Å². The lowest BCUT2D eigenvalue weighted by molar-refractivity contribution is -0.130. The molecule has 7 nitrogen and oxygen atoms in total. The third kappa shape index (κ3) is 4.45. The van der Waals surface area contributed by atoms with Crippen molar-refractivity contribution in [1.29, 1.82) is 0 Å². The maximum absolute atomic E-state index is 12.9. The second-order valence-corrected chi connectivity index (χ2v) is 8.24. The molecule has 0 bridgehead atoms. The molecule has 1 saturated heterocycles. The number of carbonyl (C=O) groups excluding carboxylic acids is 1. The van der Waals surface area contributed by atoms with Gasteiger partial charge in [-0.25, -0.2) is 13.1 Å². The Hall–Kier alpha value is -2.45. The number of ether oxygens (including phenoxy) is 1. The summed E-state index contributed by atoms with van der Waals surface area (Å²) in [5.74, 6) is 0.532. The highest BCUT2D eigenvalue weighted by Crippen LogP contribution is 2.31. The number of benzene rings is 1. The second kappa shape index (κ2) is 8.06. The Kier molecular flexibility index (Phi) is 5.76. The number of methoxy groups -OCH3 is 1. The van der Waals surface area contributed by atoms with Gasteiger partial charge in [-0.15, -0.1) is 0 Å². The molecule has 1 aliphatic heterocycles. The normalized spacial score (nSPS) is 17.6. The standard InChI is InChI=1S/C19H23N3O4S/c1-14(23)22-10-4-6-16(13-22)21-27(24,25)17-7-8-19(26-2)18(11-17)15-5-3-9-20-12-15/h3,5,7-9,11-12,16,21H,4,6,10,13H2,1-2H3. The summed E-state index contributed by atoms with van der Waals surface area (Å²) in [5.41, 5.74) is 1.43. The van der Waals surface area contributed by atoms with Crippen LogP contribution in [0.2, 0.25) is 0 Å². The molecule has 2 aromatic rings. The summed E-state index contributed by atoms with van der Waals surface area (Å²) in [6, 6.07) is 8.08. The zero-order valence-corrected chi connectivity index (χ0v) is 16.2. The first-order chi connectivity index (χ1) is 12.9. The molecule has 3 rings (SSSR count). The van der Waals surface area contributed by atoms with Crippen LogP contribution in [-0.2, 0) is 14.8 Å². The predicted molar refractivity (Wildman–Crippen MR) is 102 cm³/mol. The Labute approximate surface area is 159 Å². The van der Waals surface area contributed by atoms with Crippen LogP contribution in [0.15, 0.2) is 47.6 Å². The summed E-state index contributed by atoms with van der Waals surface area (Å²) in [7, 11) is -2.19. The molecule has 0 saturated carbocycles. The van der Waals surface area contributed by atoms with E-state index in [0.29, 0.717) is 30.8 Å². The molecule has 2 heterocycles. The number of carbonyl (C=O) groups is 1. The van der Waals surface area contributed by atoms with Crippen molar-refractivity contribution in [1.82, 2.24) is 14.6 Å². The number of sulfonamides is 1. The molecule has 0 spiro atoms. The van der Waals surface area contributed by atoms with Crippen LogP contribution in [-0.4, -0.2) is 50.5 Å². The molecule has 0 radical (unpaired) electrons. The Balaban J connectivity index is 1.87. The SMILES string of the molecule is COc1ccc(S(=O)(=O)NC2CCCN(C(C)=O)C2)cc1-c1cccnc1. The molecule has 1 amide bonds. The molecule has 1 aromatic heterocycles. The van der Waals surface area contributed by atoms with Crippen molar-refractivity contribution in [2.75, 3.05) is 20.2 Å². The molecule has 27 heavy (non-hydrogen) atoms. The minimum absolute atomic E-state index is 0.0396. The number of hydrogen-bond donors (Lipinski definition) is 1. The van der Waals surface area contributed by atoms with E-state index in [1.807, 2.05) is 6.07 Å². The average molecular weight is 389 g/mol. The van der Waals surface area contributed by atoms with Crippen LogP contribution in [0.4, 0.5) is 0 Å². The fourth-order valence-corrected chi connectivity index (χ4v) is 4.54. The van der Waals surface area contributed by atoms with Gasteiger partial charge in [0.25, 0.3) is 0 Å². The van der Waals surface area contributed by atoms with Crippen LogP contribution >= 0.6 is 0 Å². The van der Waals surface area contributed by atoms with E-state index < -0.39 is 10.0 Å². The number of likely N-dealkylation sites (tertiary alicyclic amines) is 1. The lowest BCUT2D eigenvalue weighted by Gasteiger charge is -2.32. The number of rotatable bonds is 5. The second-order valence-electron chi connectivity index (χ2n) is 6.53. The number of piperidine rings is 1. The van der Waals surface area contributed by atoms with Gasteiger partial charge in [0, 0.05) is 49.6 Å². The van der Waals surface area contributed by atoms with Gasteiger partial charge in [-0.2, -0.15) is 0 Å². The van der Waals surface area contributed by atoms with Crippen LogP contribution in [0.3, 0.4) is 0 Å². The van der Waals surface area contributed by atoms with Crippen molar-refractivity contribution in [3.63, 3.8) is 0 Å². The van der Waals surface area contributed by atoms with E-state index in [1.165, 1.54) is 13.0 Å². The number of nitrogens with one attached hydrogen (secondary N) is 1. The summed E-state index contributed by atoms with van der Waals surface area (Å²) < 4.78 is 33.9. The van der Waals surface area contributed by atoms with Gasteiger partial charge in [-0.05, 0) is 37.1 Å². The molecule has 1 aliphatic rings. The summed E-state index contributed by atoms with van der Waals surface area (Å²) in [6.45, 7) is 2.56. The van der Waals surface area contributed by atoms with Gasteiger partial charge in [-0.3, -0.25) is 9.78 Å². The number of amides is 1. The van der Waals surface area contributed by atoms with Crippen molar-refractivity contribution in [2.45, 2.75) is 30.7 Å². The molecule has 1 unspecified atom stereocenters. The molecule has 0 aliphatic carbocycles. The summed E-state index contributed by atoms with van der Waals surface area (Å²) in [4.78, 5) is 17.5. The minimum atomic E-state index is -3.73. The maximum Gasteiger partial charge on any atom is 0.240 e. The predicted octanol–water partition coefficient (Wildman–Crippen LogP) is 2.05. The first kappa shape index (κ1) is 19.3. The molecule has 1 aromatic carbocycles. The lowest BCUT2D eigenvalue weighted by atomic mass is 10.1. The van der Waals surface area contributed by atoms with Gasteiger partial charge in [0.15, 0.2) is 0 Å². The fourth-order valence-electron chi connectivity index (χ4n) is 3.25. The van der Waals surface area contributed by atoms with Crippen molar-refractivity contribution in [3.05, 3.63) is 42.7 Å². The zero-order chi connectivity index (χ0) is 19.4. The highest BCUT2D eigenvalue weighted by Gasteiger charge is 2.27. The lowest BCUT2D eigenvalue weighted by Crippen LogP contribution is -2.48. The smallest absolute Gasteiger partial charge is 0.240 e. The molecular weight excluding hydrogens is 366 g/mol. The van der Waals surface area contributed by atoms with E-state index in [4.69, 9.17) is 4.74 Å². The molecule has 8 heteroatoms. The fraction of sp³-hybridized carbons (Fsp3) is 0.368. The molecule has 1 N–H and O–H groups in total. The van der Waals surface area contributed by atoms with Crippen LogP contribution < -0.4 is 9.46 Å². The zero-order valence-electron chi connectivity index (χ0n) is 15.4. The van der Waals surface area contributed by atoms with Crippen LogP contribution in [0.5, 0.6) is 5.75 Å². The van der Waals surface area contributed by atoms with E-state index in [0.717, 1.165) is 12.0 Å². The number of hydrogen-bond acceptors (Lipinski definition) is 5. The number of nitrogens with zero attached hydrogens (tertiary/aromatic N) is 2. The van der Waals surface area contributed by atoms with Crippen molar-refractivity contribution < 1.29 is 17.9 Å². The van der Waals surface area contributed by atoms with Gasteiger partial charge in [-0.1, -0.05) is 6.07 Å². The third-order valence-corrected chi connectivity index (χ3v) is 6.16. The Morgan fingerprint density at radius 1 is 1.33 bits per heavy atom. The summed E-state index contributed by atoms with van der Waals surface area (Å²) in [5, 5.41) is 0. The van der Waals surface area contributed by atoms with Crippen LogP contribution in [0.25, 0.3) is 11.1 Å². The van der Waals surface area contributed by atoms with E-state index in [-0.39, 0.29) is 16.8 Å². The van der Waals surface area contributed by atoms with Gasteiger partial charge in [0.1, 0.15) is 5.75 Å². The quantitative estimate of drug-likeness (QED) is 0.845. The highest BCUT2D eigenvalue weighted by molar-refractivity contribution is 7.89. The Bertz CT molecular complexity index is 916. The summed E-state index contributed by atoms with van der Waals surface area (Å²) in [6.07, 6.45) is 4.79. The Morgan fingerprint density at radius 2 is 2.15 bits per heavy atom. The first-order valence-electron chi connectivity index (χ1n) is 8.77. The molecule has 1 fully saturated rings. The number of pyridine rings is 1. The average Bonchev–Trinajstić information content (AvgIpc) is 2.68. The van der Waals surface area contributed by atoms with Crippen molar-refractivity contribution in [3.8, 4) is 16.9 Å². The number of aromatic nitrogens is 1. The first-order valence-corrected chi connectivity index (χ1v) is 10.3. The maximum atomic E-state index is 12.9. The minimum Gasteiger partial charge on any atom is -0.496 e. The largest absolute Gasteiger partial charge is 0.496 e. The van der Waals surface area contributed by atoms with E-state index >= 15 is 0 Å². The summed E-state index contributed by atoms with van der Waals surface area (Å²) >= 11 is 0. The van der Waals surface area contributed by atoms with E-state index in [1.54, 1.807) is 42.6 Å². The van der Waals surface area contributed by atoms with Crippen molar-refractivity contribution in [2.24, 2.45) is 0 Å². The Morgan fingerprint density at radius 3 is 2.81 bits per heavy atom. The molecular formula is C19H23N3O4S. The highest BCUT2D eigenvalue weighted by atomic mass is 32.2. The van der Waals surface area contributed by atoms with Crippen molar-refractivity contribution >= 4 is 15.9 Å². The van der Waals surface area contributed by atoms with Gasteiger partial charge >= 0.3 is 0 Å². The van der Waals surface area contributed by atoms with Crippen LogP contribution in [0, 0.1) is 0 Å². The monoisotopic (exact) mass is 389 g/mol. The third-order valence-electron chi connectivity index (χ3n) is 4.64. The topological polar surface area (TPSA) is 88.6 Å². The van der Waals surface area contributed by atoms with Gasteiger partial charge in [0.05, 0.1) is 12.0 Å². The van der Waals surface area contributed by atoms with E-state index in [9.17, 15) is 13.2 Å². The van der Waals surface area contributed by atoms with Gasteiger partial charge in [0.2, 0.25) is 15.9 Å². The molecule has 1 atom stereocenters. The molecule has 144 valence electrons. The van der Waals surface area contributed by atoms with Gasteiger partial charge < -0.3 is 9.64 Å².